The normalized spacial score (nSPS) is 12.5. The van der Waals surface area contributed by atoms with Crippen LogP contribution in [0.5, 0.6) is 0 Å². The molecule has 0 saturated heterocycles. The number of benzene rings is 2. The number of hydrogen-bond donors (Lipinski definition) is 1. The molecule has 100 valence electrons. The molecule has 0 amide bonds. The molecule has 0 spiro atoms. The van der Waals surface area contributed by atoms with Crippen LogP contribution in [0.1, 0.15) is 38.3 Å². The Morgan fingerprint density at radius 1 is 1.16 bits per heavy atom. The van der Waals surface area contributed by atoms with Gasteiger partial charge in [0, 0.05) is 6.04 Å². The van der Waals surface area contributed by atoms with Crippen molar-refractivity contribution in [2.45, 2.75) is 32.7 Å². The molecule has 1 nitrogen and oxygen atoms in total. The van der Waals surface area contributed by atoms with Crippen LogP contribution in [-0.4, -0.2) is 6.54 Å². The van der Waals surface area contributed by atoms with Crippen molar-refractivity contribution in [3.8, 4) is 0 Å². The monoisotopic (exact) mass is 253 g/mol. The number of hydrogen-bond acceptors (Lipinski definition) is 1. The highest BCUT2D eigenvalue weighted by atomic mass is 14.9. The van der Waals surface area contributed by atoms with Gasteiger partial charge in [0.05, 0.1) is 0 Å². The molecule has 0 aliphatic carbocycles. The molecule has 1 unspecified atom stereocenters. The van der Waals surface area contributed by atoms with Crippen LogP contribution in [0.3, 0.4) is 0 Å². The SMILES string of the molecule is C=C(C)CC(NCCC)c1ccc2ccccc2c1. The third-order valence-electron chi connectivity index (χ3n) is 3.37. The predicted octanol–water partition coefficient (Wildman–Crippen LogP) is 4.85. The maximum absolute atomic E-state index is 4.05. The Morgan fingerprint density at radius 3 is 2.58 bits per heavy atom. The summed E-state index contributed by atoms with van der Waals surface area (Å²) in [6.45, 7) is 9.40. The lowest BCUT2D eigenvalue weighted by Crippen LogP contribution is -2.22. The minimum absolute atomic E-state index is 0.377. The molecular formula is C18H23N. The van der Waals surface area contributed by atoms with Gasteiger partial charge in [-0.25, -0.2) is 0 Å². The Hall–Kier alpha value is -1.60. The molecule has 0 fully saturated rings. The Kier molecular flexibility index (Phi) is 4.75. The van der Waals surface area contributed by atoms with Crippen LogP contribution in [-0.2, 0) is 0 Å². The molecule has 0 aromatic heterocycles. The molecule has 1 atom stereocenters. The topological polar surface area (TPSA) is 12.0 Å². The largest absolute Gasteiger partial charge is 0.310 e. The third-order valence-corrected chi connectivity index (χ3v) is 3.37. The highest BCUT2D eigenvalue weighted by Gasteiger charge is 2.11. The van der Waals surface area contributed by atoms with Crippen molar-refractivity contribution in [2.75, 3.05) is 6.54 Å². The van der Waals surface area contributed by atoms with Gasteiger partial charge in [-0.1, -0.05) is 48.9 Å². The van der Waals surface area contributed by atoms with E-state index in [1.54, 1.807) is 0 Å². The highest BCUT2D eigenvalue weighted by molar-refractivity contribution is 5.83. The highest BCUT2D eigenvalue weighted by Crippen LogP contribution is 2.24. The van der Waals surface area contributed by atoms with Gasteiger partial charge in [0.2, 0.25) is 0 Å². The van der Waals surface area contributed by atoms with Gasteiger partial charge >= 0.3 is 0 Å². The first-order valence-corrected chi connectivity index (χ1v) is 7.07. The van der Waals surface area contributed by atoms with E-state index in [0.717, 1.165) is 19.4 Å². The molecule has 1 N–H and O–H groups in total. The first-order valence-electron chi connectivity index (χ1n) is 7.07. The lowest BCUT2D eigenvalue weighted by Gasteiger charge is -2.19. The fourth-order valence-corrected chi connectivity index (χ4v) is 2.40. The van der Waals surface area contributed by atoms with Crippen LogP contribution in [0, 0.1) is 0 Å². The van der Waals surface area contributed by atoms with E-state index < -0.39 is 0 Å². The third kappa shape index (κ3) is 3.68. The number of fused-ring (bicyclic) bond motifs is 1. The van der Waals surface area contributed by atoms with Gasteiger partial charge in [-0.3, -0.25) is 0 Å². The molecule has 1 heteroatoms. The minimum Gasteiger partial charge on any atom is -0.310 e. The van der Waals surface area contributed by atoms with Gasteiger partial charge in [0.15, 0.2) is 0 Å². The standard InChI is InChI=1S/C18H23N/c1-4-11-19-18(12-14(2)3)17-10-9-15-7-5-6-8-16(15)13-17/h5-10,13,18-19H,2,4,11-12H2,1,3H3. The number of nitrogens with one attached hydrogen (secondary N) is 1. The second kappa shape index (κ2) is 6.53. The van der Waals surface area contributed by atoms with Crippen molar-refractivity contribution >= 4 is 10.8 Å². The summed E-state index contributed by atoms with van der Waals surface area (Å²) in [5.41, 5.74) is 2.58. The molecule has 19 heavy (non-hydrogen) atoms. The summed E-state index contributed by atoms with van der Waals surface area (Å²) in [4.78, 5) is 0. The van der Waals surface area contributed by atoms with E-state index in [2.05, 4.69) is 68.2 Å². The Bertz CT molecular complexity index is 556. The van der Waals surface area contributed by atoms with Crippen molar-refractivity contribution in [3.63, 3.8) is 0 Å². The van der Waals surface area contributed by atoms with Gasteiger partial charge in [-0.05, 0) is 48.7 Å². The minimum atomic E-state index is 0.377. The van der Waals surface area contributed by atoms with Gasteiger partial charge < -0.3 is 5.32 Å². The summed E-state index contributed by atoms with van der Waals surface area (Å²) in [5, 5.41) is 6.23. The van der Waals surface area contributed by atoms with Gasteiger partial charge in [0.1, 0.15) is 0 Å². The van der Waals surface area contributed by atoms with Crippen molar-refractivity contribution in [1.82, 2.24) is 5.32 Å². The van der Waals surface area contributed by atoms with Crippen LogP contribution in [0.15, 0.2) is 54.6 Å². The van der Waals surface area contributed by atoms with Crippen LogP contribution in [0.4, 0.5) is 0 Å². The van der Waals surface area contributed by atoms with E-state index in [-0.39, 0.29) is 0 Å². The van der Waals surface area contributed by atoms with Gasteiger partial charge in [0.25, 0.3) is 0 Å². The van der Waals surface area contributed by atoms with E-state index in [1.807, 2.05) is 0 Å². The van der Waals surface area contributed by atoms with Crippen molar-refractivity contribution < 1.29 is 0 Å². The molecule has 2 rings (SSSR count). The van der Waals surface area contributed by atoms with Crippen LogP contribution < -0.4 is 5.32 Å². The zero-order valence-electron chi connectivity index (χ0n) is 11.9. The molecule has 0 heterocycles. The van der Waals surface area contributed by atoms with Gasteiger partial charge in [-0.2, -0.15) is 0 Å². The summed E-state index contributed by atoms with van der Waals surface area (Å²) >= 11 is 0. The van der Waals surface area contributed by atoms with Crippen molar-refractivity contribution in [1.29, 1.82) is 0 Å². The second-order valence-electron chi connectivity index (χ2n) is 5.27. The Balaban J connectivity index is 2.29. The van der Waals surface area contributed by atoms with Crippen molar-refractivity contribution in [3.05, 3.63) is 60.2 Å². The van der Waals surface area contributed by atoms with Crippen LogP contribution >= 0.6 is 0 Å². The lowest BCUT2D eigenvalue weighted by atomic mass is 9.97. The lowest BCUT2D eigenvalue weighted by molar-refractivity contribution is 0.528. The smallest absolute Gasteiger partial charge is 0.0357 e. The Labute approximate surface area is 116 Å². The maximum Gasteiger partial charge on any atom is 0.0357 e. The maximum atomic E-state index is 4.05. The fraction of sp³-hybridized carbons (Fsp3) is 0.333. The summed E-state index contributed by atoms with van der Waals surface area (Å²) in [6, 6.07) is 15.6. The number of rotatable bonds is 6. The first kappa shape index (κ1) is 13.8. The van der Waals surface area contributed by atoms with Gasteiger partial charge in [-0.15, -0.1) is 6.58 Å². The zero-order chi connectivity index (χ0) is 13.7. The van der Waals surface area contributed by atoms with E-state index in [9.17, 15) is 0 Å². The second-order valence-corrected chi connectivity index (χ2v) is 5.27. The molecule has 2 aromatic carbocycles. The molecule has 0 saturated carbocycles. The molecule has 0 aliphatic rings. The average Bonchev–Trinajstić information content (AvgIpc) is 2.42. The summed E-state index contributed by atoms with van der Waals surface area (Å²) in [6.07, 6.45) is 2.15. The van der Waals surface area contributed by atoms with E-state index >= 15 is 0 Å². The van der Waals surface area contributed by atoms with E-state index in [4.69, 9.17) is 0 Å². The quantitative estimate of drug-likeness (QED) is 0.726. The summed E-state index contributed by atoms with van der Waals surface area (Å²) < 4.78 is 0. The molecular weight excluding hydrogens is 230 g/mol. The summed E-state index contributed by atoms with van der Waals surface area (Å²) in [7, 11) is 0. The molecule has 0 aliphatic heterocycles. The first-order chi connectivity index (χ1) is 9.20. The zero-order valence-corrected chi connectivity index (χ0v) is 11.9. The Morgan fingerprint density at radius 2 is 1.89 bits per heavy atom. The predicted molar refractivity (Wildman–Crippen MR) is 84.4 cm³/mol. The molecule has 0 radical (unpaired) electrons. The van der Waals surface area contributed by atoms with Crippen molar-refractivity contribution in [2.24, 2.45) is 0 Å². The van der Waals surface area contributed by atoms with E-state index in [0.29, 0.717) is 6.04 Å². The average molecular weight is 253 g/mol. The fourth-order valence-electron chi connectivity index (χ4n) is 2.40. The molecule has 2 aromatic rings. The van der Waals surface area contributed by atoms with Crippen LogP contribution in [0.2, 0.25) is 0 Å². The molecule has 0 bridgehead atoms. The van der Waals surface area contributed by atoms with E-state index in [1.165, 1.54) is 21.9 Å². The van der Waals surface area contributed by atoms with Crippen LogP contribution in [0.25, 0.3) is 10.8 Å². The summed E-state index contributed by atoms with van der Waals surface area (Å²) in [5.74, 6) is 0.